The quantitative estimate of drug-likeness (QED) is 0.757. The number of carbonyl (C=O) groups is 1. The van der Waals surface area contributed by atoms with E-state index in [-0.39, 0.29) is 17.7 Å². The lowest BCUT2D eigenvalue weighted by Gasteiger charge is -2.44. The molecule has 3 N–H and O–H groups in total. The third kappa shape index (κ3) is 4.09. The van der Waals surface area contributed by atoms with E-state index in [1.54, 1.807) is 0 Å². The Morgan fingerprint density at radius 1 is 1.12 bits per heavy atom. The zero-order valence-corrected chi connectivity index (χ0v) is 16.9. The summed E-state index contributed by atoms with van der Waals surface area (Å²) in [5.74, 6) is 0.524. The molecule has 3 unspecified atom stereocenters. The van der Waals surface area contributed by atoms with Crippen molar-refractivity contribution < 1.29 is 13.2 Å². The number of nitrogens with two attached hydrogens (primary N) is 1. The van der Waals surface area contributed by atoms with Crippen molar-refractivity contribution in [1.82, 2.24) is 9.62 Å². The molecule has 6 nitrogen and oxygen atoms in total. The molecule has 2 aliphatic carbocycles. The molecule has 0 aromatic heterocycles. The van der Waals surface area contributed by atoms with Crippen LogP contribution in [0.25, 0.3) is 0 Å². The third-order valence-corrected chi connectivity index (χ3v) is 8.95. The summed E-state index contributed by atoms with van der Waals surface area (Å²) in [6, 6.07) is 0. The van der Waals surface area contributed by atoms with Gasteiger partial charge in [0.15, 0.2) is 0 Å². The minimum absolute atomic E-state index is 0.109. The van der Waals surface area contributed by atoms with E-state index in [1.807, 2.05) is 4.90 Å². The maximum Gasteiger partial charge on any atom is 0.225 e. The van der Waals surface area contributed by atoms with Gasteiger partial charge < -0.3 is 10.6 Å². The average molecular weight is 386 g/mol. The Bertz CT molecular complexity index is 603. The number of nitrogens with one attached hydrogen (secondary N) is 1. The largest absolute Gasteiger partial charge is 0.341 e. The maximum absolute atomic E-state index is 13.1. The standard InChI is InChI=1S/C19H35N3O3S/c1-15-7-4-5-11-19(15,14-20)21-26(24,25)17-10-6-12-22(13-17)18(23)16-8-2-3-9-16/h15-17,21H,2-14,20H2,1H3. The summed E-state index contributed by atoms with van der Waals surface area (Å²) in [5.41, 5.74) is 5.51. The summed E-state index contributed by atoms with van der Waals surface area (Å²) in [7, 11) is -3.50. The second-order valence-electron chi connectivity index (χ2n) is 8.68. The van der Waals surface area contributed by atoms with Gasteiger partial charge in [0, 0.05) is 31.1 Å². The molecule has 26 heavy (non-hydrogen) atoms. The lowest BCUT2D eigenvalue weighted by atomic mass is 9.74. The van der Waals surface area contributed by atoms with Crippen molar-refractivity contribution in [2.45, 2.75) is 81.9 Å². The highest BCUT2D eigenvalue weighted by atomic mass is 32.2. The second-order valence-corrected chi connectivity index (χ2v) is 10.6. The fraction of sp³-hybridized carbons (Fsp3) is 0.947. The van der Waals surface area contributed by atoms with Crippen LogP contribution >= 0.6 is 0 Å². The van der Waals surface area contributed by atoms with Crippen LogP contribution in [0.5, 0.6) is 0 Å². The Morgan fingerprint density at radius 3 is 2.46 bits per heavy atom. The summed E-state index contributed by atoms with van der Waals surface area (Å²) in [4.78, 5) is 14.5. The van der Waals surface area contributed by atoms with Crippen molar-refractivity contribution in [2.75, 3.05) is 19.6 Å². The first-order valence-corrected chi connectivity index (χ1v) is 11.9. The van der Waals surface area contributed by atoms with E-state index in [1.165, 1.54) is 0 Å². The monoisotopic (exact) mass is 385 g/mol. The van der Waals surface area contributed by atoms with Crippen LogP contribution in [0.1, 0.15) is 71.1 Å². The number of rotatable bonds is 5. The van der Waals surface area contributed by atoms with Crippen LogP contribution in [0.2, 0.25) is 0 Å². The molecule has 2 saturated carbocycles. The number of carbonyl (C=O) groups excluding carboxylic acids is 1. The Hall–Kier alpha value is -0.660. The molecule has 3 rings (SSSR count). The predicted molar refractivity (Wildman–Crippen MR) is 103 cm³/mol. The number of amides is 1. The summed E-state index contributed by atoms with van der Waals surface area (Å²) in [6.45, 7) is 3.47. The van der Waals surface area contributed by atoms with E-state index in [9.17, 15) is 13.2 Å². The van der Waals surface area contributed by atoms with Crippen molar-refractivity contribution >= 4 is 15.9 Å². The van der Waals surface area contributed by atoms with Gasteiger partial charge in [-0.2, -0.15) is 0 Å². The number of likely N-dealkylation sites (tertiary alicyclic amines) is 1. The van der Waals surface area contributed by atoms with E-state index >= 15 is 0 Å². The van der Waals surface area contributed by atoms with E-state index in [4.69, 9.17) is 5.73 Å². The Kier molecular flexibility index (Phi) is 6.29. The smallest absolute Gasteiger partial charge is 0.225 e. The van der Waals surface area contributed by atoms with Crippen molar-refractivity contribution in [1.29, 1.82) is 0 Å². The van der Waals surface area contributed by atoms with Crippen LogP contribution < -0.4 is 10.5 Å². The Labute approximate surface area is 158 Å². The minimum atomic E-state index is -3.50. The first-order chi connectivity index (χ1) is 12.4. The van der Waals surface area contributed by atoms with Crippen molar-refractivity contribution in [3.05, 3.63) is 0 Å². The molecular formula is C19H35N3O3S. The van der Waals surface area contributed by atoms with Gasteiger partial charge in [-0.3, -0.25) is 4.79 Å². The van der Waals surface area contributed by atoms with Gasteiger partial charge in [-0.25, -0.2) is 13.1 Å². The van der Waals surface area contributed by atoms with Gasteiger partial charge in [-0.15, -0.1) is 0 Å². The topological polar surface area (TPSA) is 92.5 Å². The molecule has 3 fully saturated rings. The fourth-order valence-electron chi connectivity index (χ4n) is 5.10. The van der Waals surface area contributed by atoms with Crippen molar-refractivity contribution in [3.63, 3.8) is 0 Å². The van der Waals surface area contributed by atoms with Gasteiger partial charge in [0.2, 0.25) is 15.9 Å². The lowest BCUT2D eigenvalue weighted by molar-refractivity contribution is -0.136. The molecule has 0 radical (unpaired) electrons. The number of sulfonamides is 1. The average Bonchev–Trinajstić information content (AvgIpc) is 3.18. The number of nitrogens with zero attached hydrogens (tertiary/aromatic N) is 1. The van der Waals surface area contributed by atoms with Crippen molar-refractivity contribution in [3.8, 4) is 0 Å². The summed E-state index contributed by atoms with van der Waals surface area (Å²) >= 11 is 0. The zero-order valence-electron chi connectivity index (χ0n) is 16.1. The zero-order chi connectivity index (χ0) is 18.8. The summed E-state index contributed by atoms with van der Waals surface area (Å²) < 4.78 is 29.3. The highest BCUT2D eigenvalue weighted by molar-refractivity contribution is 7.90. The molecule has 1 saturated heterocycles. The Morgan fingerprint density at radius 2 is 1.81 bits per heavy atom. The normalized spacial score (nSPS) is 34.2. The molecule has 150 valence electrons. The molecule has 3 aliphatic rings. The molecule has 1 heterocycles. The van der Waals surface area contributed by atoms with E-state index in [0.717, 1.165) is 57.8 Å². The van der Waals surface area contributed by atoms with E-state index in [0.29, 0.717) is 26.1 Å². The molecule has 0 spiro atoms. The van der Waals surface area contributed by atoms with Crippen LogP contribution in [0.4, 0.5) is 0 Å². The lowest BCUT2D eigenvalue weighted by Crippen LogP contribution is -2.62. The molecule has 0 aromatic rings. The molecule has 0 aromatic carbocycles. The Balaban J connectivity index is 1.69. The fourth-order valence-corrected chi connectivity index (χ4v) is 7.07. The predicted octanol–water partition coefficient (Wildman–Crippen LogP) is 1.99. The van der Waals surface area contributed by atoms with Gasteiger partial charge in [0.25, 0.3) is 0 Å². The third-order valence-electron chi connectivity index (χ3n) is 7.00. The summed E-state index contributed by atoms with van der Waals surface area (Å²) in [5, 5.41) is -0.515. The first-order valence-electron chi connectivity index (χ1n) is 10.4. The van der Waals surface area contributed by atoms with Gasteiger partial charge in [-0.1, -0.05) is 32.6 Å². The van der Waals surface area contributed by atoms with Crippen LogP contribution in [0, 0.1) is 11.8 Å². The van der Waals surface area contributed by atoms with Crippen LogP contribution in [0.3, 0.4) is 0 Å². The molecule has 1 amide bonds. The summed E-state index contributed by atoms with van der Waals surface area (Å²) in [6.07, 6.45) is 9.50. The minimum Gasteiger partial charge on any atom is -0.341 e. The maximum atomic E-state index is 13.1. The second kappa shape index (κ2) is 8.15. The van der Waals surface area contributed by atoms with Crippen LogP contribution in [0.15, 0.2) is 0 Å². The van der Waals surface area contributed by atoms with E-state index < -0.39 is 20.8 Å². The van der Waals surface area contributed by atoms with Gasteiger partial charge in [-0.05, 0) is 44.4 Å². The highest BCUT2D eigenvalue weighted by Crippen LogP contribution is 2.35. The van der Waals surface area contributed by atoms with Crippen molar-refractivity contribution in [2.24, 2.45) is 17.6 Å². The van der Waals surface area contributed by atoms with Gasteiger partial charge >= 0.3 is 0 Å². The number of hydrogen-bond acceptors (Lipinski definition) is 4. The van der Waals surface area contributed by atoms with Gasteiger partial charge in [0.05, 0.1) is 5.25 Å². The molecule has 7 heteroatoms. The number of hydrogen-bond donors (Lipinski definition) is 2. The van der Waals surface area contributed by atoms with E-state index in [2.05, 4.69) is 11.6 Å². The number of piperidine rings is 1. The molecule has 3 atom stereocenters. The highest BCUT2D eigenvalue weighted by Gasteiger charge is 2.43. The van der Waals surface area contributed by atoms with Crippen LogP contribution in [-0.2, 0) is 14.8 Å². The molecule has 0 bridgehead atoms. The SMILES string of the molecule is CC1CCCCC1(CN)NS(=O)(=O)C1CCCN(C(=O)C2CCCC2)C1. The first kappa shape index (κ1) is 20.1. The van der Waals surface area contributed by atoms with Crippen LogP contribution in [-0.4, -0.2) is 49.6 Å². The molecular weight excluding hydrogens is 350 g/mol. The molecule has 1 aliphatic heterocycles. The van der Waals surface area contributed by atoms with Gasteiger partial charge in [0.1, 0.15) is 0 Å².